The number of benzene rings is 1. The van der Waals surface area contributed by atoms with E-state index in [0.717, 1.165) is 22.5 Å². The molecule has 1 aromatic carbocycles. The van der Waals surface area contributed by atoms with E-state index in [-0.39, 0.29) is 12.0 Å². The number of amides is 1. The number of hydrogen-bond acceptors (Lipinski definition) is 6. The average Bonchev–Trinajstić information content (AvgIpc) is 3.13. The number of nitrogens with one attached hydrogen (secondary N) is 1. The number of carbonyl (C=O) groups excluding carboxylic acids is 1. The summed E-state index contributed by atoms with van der Waals surface area (Å²) in [7, 11) is 0. The van der Waals surface area contributed by atoms with Crippen molar-refractivity contribution in [2.24, 2.45) is 0 Å². The van der Waals surface area contributed by atoms with Crippen LogP contribution in [0.3, 0.4) is 0 Å². The number of aliphatic hydroxyl groups is 1. The Kier molecular flexibility index (Phi) is 5.86. The summed E-state index contributed by atoms with van der Waals surface area (Å²) in [5.41, 5.74) is 3.19. The molecule has 0 radical (unpaired) electrons. The third kappa shape index (κ3) is 5.01. The molecule has 0 atom stereocenters. The minimum atomic E-state index is -0.972. The van der Waals surface area contributed by atoms with Crippen molar-refractivity contribution in [3.8, 4) is 17.1 Å². The van der Waals surface area contributed by atoms with Gasteiger partial charge in [-0.15, -0.1) is 0 Å². The van der Waals surface area contributed by atoms with E-state index < -0.39 is 5.60 Å². The summed E-state index contributed by atoms with van der Waals surface area (Å²) in [4.78, 5) is 21.8. The highest BCUT2D eigenvalue weighted by Crippen LogP contribution is 2.25. The Morgan fingerprint density at radius 2 is 1.85 bits per heavy atom. The van der Waals surface area contributed by atoms with Crippen molar-refractivity contribution in [1.29, 1.82) is 0 Å². The van der Waals surface area contributed by atoms with Gasteiger partial charge in [-0.25, -0.2) is 14.5 Å². The van der Waals surface area contributed by atoms with Crippen LogP contribution in [-0.2, 0) is 5.60 Å². The quantitative estimate of drug-likeness (QED) is 0.457. The van der Waals surface area contributed by atoms with E-state index in [0.29, 0.717) is 22.9 Å². The van der Waals surface area contributed by atoms with Crippen molar-refractivity contribution >= 4 is 17.4 Å². The molecule has 0 aliphatic heterocycles. The molecular formula is C25H27N5O3. The Morgan fingerprint density at radius 3 is 2.45 bits per heavy atom. The topological polar surface area (TPSA) is 102 Å². The molecule has 2 N–H and O–H groups in total. The fourth-order valence-corrected chi connectivity index (χ4v) is 3.42. The molecule has 3 heterocycles. The molecule has 170 valence electrons. The van der Waals surface area contributed by atoms with E-state index in [1.54, 1.807) is 61.0 Å². The van der Waals surface area contributed by atoms with Crippen molar-refractivity contribution in [2.45, 2.75) is 46.3 Å². The van der Waals surface area contributed by atoms with Gasteiger partial charge in [0.25, 0.3) is 5.91 Å². The summed E-state index contributed by atoms with van der Waals surface area (Å²) >= 11 is 0. The number of pyridine rings is 1. The molecule has 0 saturated carbocycles. The second-order valence-electron chi connectivity index (χ2n) is 8.72. The second kappa shape index (κ2) is 8.63. The highest BCUT2D eigenvalue weighted by molar-refractivity contribution is 6.04. The van der Waals surface area contributed by atoms with E-state index in [1.807, 2.05) is 32.9 Å². The molecule has 0 unspecified atom stereocenters. The van der Waals surface area contributed by atoms with E-state index in [4.69, 9.17) is 4.74 Å². The van der Waals surface area contributed by atoms with Crippen LogP contribution >= 0.6 is 0 Å². The first-order chi connectivity index (χ1) is 15.6. The molecule has 0 aliphatic carbocycles. The number of ether oxygens (including phenoxy) is 1. The van der Waals surface area contributed by atoms with Crippen molar-refractivity contribution in [2.75, 3.05) is 5.32 Å². The maximum Gasteiger partial charge on any atom is 0.256 e. The molecule has 4 aromatic rings. The molecule has 8 heteroatoms. The third-order valence-electron chi connectivity index (χ3n) is 5.03. The molecule has 0 bridgehead atoms. The van der Waals surface area contributed by atoms with Crippen LogP contribution in [0.5, 0.6) is 5.88 Å². The molecule has 0 saturated heterocycles. The van der Waals surface area contributed by atoms with Crippen LogP contribution in [0.4, 0.5) is 5.82 Å². The van der Waals surface area contributed by atoms with Crippen molar-refractivity contribution in [1.82, 2.24) is 19.6 Å². The number of aromatic nitrogens is 4. The molecule has 33 heavy (non-hydrogen) atoms. The molecule has 1 amide bonds. The van der Waals surface area contributed by atoms with Gasteiger partial charge in [-0.2, -0.15) is 5.10 Å². The number of hydrogen-bond donors (Lipinski definition) is 2. The van der Waals surface area contributed by atoms with Gasteiger partial charge in [0.1, 0.15) is 5.82 Å². The van der Waals surface area contributed by atoms with Gasteiger partial charge in [0.15, 0.2) is 5.65 Å². The van der Waals surface area contributed by atoms with Gasteiger partial charge in [-0.3, -0.25) is 4.79 Å². The molecule has 3 aromatic heterocycles. The first-order valence-electron chi connectivity index (χ1n) is 10.7. The lowest BCUT2D eigenvalue weighted by Crippen LogP contribution is -2.17. The SMILES string of the molecule is Cc1cc2nc(NC(=O)c3ccc(C(C)(C)O)cc3)cc(-c3ccc(OC(C)C)nc3)n2n1. The van der Waals surface area contributed by atoms with Gasteiger partial charge in [0.2, 0.25) is 5.88 Å². The van der Waals surface area contributed by atoms with Crippen LogP contribution in [0, 0.1) is 6.92 Å². The minimum Gasteiger partial charge on any atom is -0.475 e. The lowest BCUT2D eigenvalue weighted by Gasteiger charge is -2.17. The summed E-state index contributed by atoms with van der Waals surface area (Å²) < 4.78 is 7.36. The van der Waals surface area contributed by atoms with E-state index >= 15 is 0 Å². The van der Waals surface area contributed by atoms with Crippen molar-refractivity contribution in [3.63, 3.8) is 0 Å². The Balaban J connectivity index is 1.66. The number of fused-ring (bicyclic) bond motifs is 1. The smallest absolute Gasteiger partial charge is 0.256 e. The van der Waals surface area contributed by atoms with Crippen LogP contribution in [0.1, 0.15) is 49.3 Å². The number of anilines is 1. The van der Waals surface area contributed by atoms with Crippen LogP contribution < -0.4 is 10.1 Å². The predicted molar refractivity (Wildman–Crippen MR) is 126 cm³/mol. The van der Waals surface area contributed by atoms with Gasteiger partial charge >= 0.3 is 0 Å². The molecule has 4 rings (SSSR count). The predicted octanol–water partition coefficient (Wildman–Crippen LogP) is 4.37. The molecule has 0 aliphatic rings. The first-order valence-corrected chi connectivity index (χ1v) is 10.7. The molecular weight excluding hydrogens is 418 g/mol. The number of nitrogens with zero attached hydrogens (tertiary/aromatic N) is 4. The average molecular weight is 446 g/mol. The highest BCUT2D eigenvalue weighted by atomic mass is 16.5. The maximum atomic E-state index is 12.8. The number of aryl methyl sites for hydroxylation is 1. The van der Waals surface area contributed by atoms with Crippen molar-refractivity contribution < 1.29 is 14.6 Å². The van der Waals surface area contributed by atoms with Crippen LogP contribution in [0.25, 0.3) is 16.9 Å². The number of rotatable bonds is 6. The monoisotopic (exact) mass is 445 g/mol. The van der Waals surface area contributed by atoms with Gasteiger partial charge in [-0.1, -0.05) is 12.1 Å². The molecule has 0 fully saturated rings. The Morgan fingerprint density at radius 1 is 1.12 bits per heavy atom. The zero-order valence-electron chi connectivity index (χ0n) is 19.3. The summed E-state index contributed by atoms with van der Waals surface area (Å²) in [6.07, 6.45) is 1.74. The summed E-state index contributed by atoms with van der Waals surface area (Å²) in [6, 6.07) is 14.2. The normalized spacial score (nSPS) is 11.7. The largest absolute Gasteiger partial charge is 0.475 e. The van der Waals surface area contributed by atoms with Crippen molar-refractivity contribution in [3.05, 3.63) is 71.5 Å². The lowest BCUT2D eigenvalue weighted by atomic mass is 9.97. The van der Waals surface area contributed by atoms with E-state index in [9.17, 15) is 9.90 Å². The Bertz CT molecular complexity index is 1290. The lowest BCUT2D eigenvalue weighted by molar-refractivity contribution is 0.0785. The van der Waals surface area contributed by atoms with Crippen LogP contribution in [0.2, 0.25) is 0 Å². The summed E-state index contributed by atoms with van der Waals surface area (Å²) in [5, 5.41) is 17.5. The van der Waals surface area contributed by atoms with Gasteiger partial charge < -0.3 is 15.2 Å². The number of carbonyl (C=O) groups is 1. The third-order valence-corrected chi connectivity index (χ3v) is 5.03. The summed E-state index contributed by atoms with van der Waals surface area (Å²) in [5.74, 6) is 0.644. The fraction of sp³-hybridized carbons (Fsp3) is 0.280. The van der Waals surface area contributed by atoms with Crippen LogP contribution in [0.15, 0.2) is 54.7 Å². The van der Waals surface area contributed by atoms with E-state index in [2.05, 4.69) is 20.4 Å². The highest BCUT2D eigenvalue weighted by Gasteiger charge is 2.17. The van der Waals surface area contributed by atoms with Gasteiger partial charge in [0.05, 0.1) is 23.1 Å². The van der Waals surface area contributed by atoms with Crippen LogP contribution in [-0.4, -0.2) is 36.7 Å². The maximum absolute atomic E-state index is 12.8. The first kappa shape index (κ1) is 22.4. The minimum absolute atomic E-state index is 0.0316. The Hall–Kier alpha value is -3.78. The molecule has 8 nitrogen and oxygen atoms in total. The fourth-order valence-electron chi connectivity index (χ4n) is 3.42. The standard InChI is InChI=1S/C25H27N5O3/c1-15(2)33-23-11-8-18(14-26-23)20-13-21(27-22-12-16(3)29-30(20)22)28-24(31)17-6-9-19(10-7-17)25(4,5)32/h6-15,32H,1-5H3,(H,27,28,31). The zero-order chi connectivity index (χ0) is 23.8. The summed E-state index contributed by atoms with van der Waals surface area (Å²) in [6.45, 7) is 9.18. The van der Waals surface area contributed by atoms with Gasteiger partial charge in [-0.05, 0) is 58.4 Å². The Labute approximate surface area is 192 Å². The zero-order valence-corrected chi connectivity index (χ0v) is 19.3. The van der Waals surface area contributed by atoms with E-state index in [1.165, 1.54) is 0 Å². The second-order valence-corrected chi connectivity index (χ2v) is 8.72. The molecule has 0 spiro atoms. The van der Waals surface area contributed by atoms with Gasteiger partial charge in [0, 0.05) is 35.5 Å².